The van der Waals surface area contributed by atoms with E-state index in [2.05, 4.69) is 5.32 Å². The van der Waals surface area contributed by atoms with Crippen LogP contribution in [0.4, 0.5) is 4.39 Å². The lowest BCUT2D eigenvalue weighted by Gasteiger charge is -2.27. The number of amides is 3. The van der Waals surface area contributed by atoms with Gasteiger partial charge in [0.05, 0.1) is 17.2 Å². The smallest absolute Gasteiger partial charge is 0.262 e. The third-order valence-electron chi connectivity index (χ3n) is 5.44. The molecular weight excluding hydrogens is 395 g/mol. The van der Waals surface area contributed by atoms with Crippen molar-refractivity contribution in [2.75, 3.05) is 0 Å². The number of benzene rings is 3. The largest absolute Gasteiger partial charge is 0.348 e. The highest BCUT2D eigenvalue weighted by atomic mass is 19.1. The molecule has 0 bridgehead atoms. The van der Waals surface area contributed by atoms with Gasteiger partial charge in [0.1, 0.15) is 11.9 Å². The van der Waals surface area contributed by atoms with Gasteiger partial charge >= 0.3 is 0 Å². The summed E-state index contributed by atoms with van der Waals surface area (Å²) >= 11 is 0. The molecule has 0 radical (unpaired) electrons. The molecule has 0 aliphatic carbocycles. The third-order valence-corrected chi connectivity index (χ3v) is 5.44. The fraction of sp³-hybridized carbons (Fsp3) is 0.160. The summed E-state index contributed by atoms with van der Waals surface area (Å²) in [5, 5.41) is 2.87. The highest BCUT2D eigenvalue weighted by Crippen LogP contribution is 2.26. The van der Waals surface area contributed by atoms with Crippen LogP contribution in [-0.4, -0.2) is 28.7 Å². The summed E-state index contributed by atoms with van der Waals surface area (Å²) < 4.78 is 13.2. The van der Waals surface area contributed by atoms with Gasteiger partial charge in [-0.2, -0.15) is 0 Å². The first kappa shape index (κ1) is 20.5. The maximum Gasteiger partial charge on any atom is 0.262 e. The van der Waals surface area contributed by atoms with Crippen molar-refractivity contribution in [1.29, 1.82) is 0 Å². The molecule has 1 aliphatic rings. The van der Waals surface area contributed by atoms with Crippen LogP contribution in [-0.2, 0) is 11.2 Å². The molecular formula is C25H21FN2O3. The SMILES string of the molecule is C[C@@H](NC(=O)[C@H](Cc1ccccc1)N1C(=O)c2ccccc2C1=O)c1ccc(F)cc1. The summed E-state index contributed by atoms with van der Waals surface area (Å²) in [7, 11) is 0. The van der Waals surface area contributed by atoms with Crippen LogP contribution >= 0.6 is 0 Å². The summed E-state index contributed by atoms with van der Waals surface area (Å²) in [5.41, 5.74) is 2.14. The summed E-state index contributed by atoms with van der Waals surface area (Å²) in [6.45, 7) is 1.77. The van der Waals surface area contributed by atoms with Crippen LogP contribution in [0.15, 0.2) is 78.9 Å². The topological polar surface area (TPSA) is 66.5 Å². The summed E-state index contributed by atoms with van der Waals surface area (Å²) in [6.07, 6.45) is 0.189. The fourth-order valence-electron chi connectivity index (χ4n) is 3.77. The second-order valence-electron chi connectivity index (χ2n) is 7.51. The van der Waals surface area contributed by atoms with Crippen LogP contribution in [0.3, 0.4) is 0 Å². The minimum atomic E-state index is -1.02. The van der Waals surface area contributed by atoms with Crippen LogP contribution in [0.1, 0.15) is 44.8 Å². The van der Waals surface area contributed by atoms with Gasteiger partial charge in [-0.25, -0.2) is 4.39 Å². The zero-order chi connectivity index (χ0) is 22.0. The number of rotatable bonds is 6. The molecule has 5 nitrogen and oxygen atoms in total. The second-order valence-corrected chi connectivity index (χ2v) is 7.51. The van der Waals surface area contributed by atoms with Gasteiger partial charge in [-0.15, -0.1) is 0 Å². The number of hydrogen-bond acceptors (Lipinski definition) is 3. The number of imide groups is 1. The predicted octanol–water partition coefficient (Wildman–Crippen LogP) is 3.91. The first-order valence-corrected chi connectivity index (χ1v) is 10.0. The van der Waals surface area contributed by atoms with E-state index in [1.807, 2.05) is 30.3 Å². The molecule has 0 saturated heterocycles. The zero-order valence-electron chi connectivity index (χ0n) is 16.9. The number of fused-ring (bicyclic) bond motifs is 1. The van der Waals surface area contributed by atoms with E-state index < -0.39 is 29.8 Å². The Morgan fingerprint density at radius 2 is 1.42 bits per heavy atom. The molecule has 0 aromatic heterocycles. The molecule has 4 rings (SSSR count). The number of carbonyl (C=O) groups excluding carboxylic acids is 3. The Morgan fingerprint density at radius 1 is 0.871 bits per heavy atom. The van der Waals surface area contributed by atoms with E-state index in [0.29, 0.717) is 11.1 Å². The van der Waals surface area contributed by atoms with Gasteiger partial charge in [0.15, 0.2) is 0 Å². The van der Waals surface area contributed by atoms with Gasteiger partial charge < -0.3 is 5.32 Å². The fourth-order valence-corrected chi connectivity index (χ4v) is 3.77. The summed E-state index contributed by atoms with van der Waals surface area (Å²) in [5.74, 6) is -1.78. The predicted molar refractivity (Wildman–Crippen MR) is 114 cm³/mol. The number of hydrogen-bond donors (Lipinski definition) is 1. The highest BCUT2D eigenvalue weighted by molar-refractivity contribution is 6.22. The van der Waals surface area contributed by atoms with Gasteiger partial charge in [0, 0.05) is 6.42 Å². The Bertz CT molecular complexity index is 1090. The maximum atomic E-state index is 13.3. The Balaban J connectivity index is 1.63. The van der Waals surface area contributed by atoms with Gasteiger partial charge in [0.2, 0.25) is 5.91 Å². The summed E-state index contributed by atoms with van der Waals surface area (Å²) in [4.78, 5) is 40.4. The lowest BCUT2D eigenvalue weighted by molar-refractivity contribution is -0.125. The number of halogens is 1. The molecule has 0 unspecified atom stereocenters. The van der Waals surface area contributed by atoms with E-state index in [0.717, 1.165) is 16.0 Å². The molecule has 0 fully saturated rings. The van der Waals surface area contributed by atoms with E-state index in [1.165, 1.54) is 12.1 Å². The zero-order valence-corrected chi connectivity index (χ0v) is 16.9. The van der Waals surface area contributed by atoms with Crippen molar-refractivity contribution in [3.63, 3.8) is 0 Å². The van der Waals surface area contributed by atoms with Crippen molar-refractivity contribution in [3.05, 3.63) is 107 Å². The standard InChI is InChI=1S/C25H21FN2O3/c1-16(18-11-13-19(26)14-12-18)27-23(29)22(15-17-7-3-2-4-8-17)28-24(30)20-9-5-6-10-21(20)25(28)31/h2-14,16,22H,15H2,1H3,(H,27,29)/t16-,22+/m1/s1. The Morgan fingerprint density at radius 3 is 2.00 bits per heavy atom. The van der Waals surface area contributed by atoms with Crippen molar-refractivity contribution in [3.8, 4) is 0 Å². The molecule has 156 valence electrons. The van der Waals surface area contributed by atoms with Gasteiger partial charge in [-0.1, -0.05) is 54.6 Å². The Labute approximate surface area is 179 Å². The molecule has 6 heteroatoms. The van der Waals surface area contributed by atoms with Gasteiger partial charge in [0.25, 0.3) is 11.8 Å². The molecule has 3 aromatic carbocycles. The molecule has 1 aliphatic heterocycles. The molecule has 31 heavy (non-hydrogen) atoms. The molecule has 3 aromatic rings. The van der Waals surface area contributed by atoms with E-state index in [4.69, 9.17) is 0 Å². The van der Waals surface area contributed by atoms with E-state index >= 15 is 0 Å². The third kappa shape index (κ3) is 4.10. The van der Waals surface area contributed by atoms with Crippen LogP contribution in [0, 0.1) is 5.82 Å². The van der Waals surface area contributed by atoms with Crippen LogP contribution in [0.5, 0.6) is 0 Å². The average Bonchev–Trinajstić information content (AvgIpc) is 3.03. The maximum absolute atomic E-state index is 13.3. The lowest BCUT2D eigenvalue weighted by Crippen LogP contribution is -2.51. The molecule has 0 spiro atoms. The van der Waals surface area contributed by atoms with Crippen LogP contribution in [0.2, 0.25) is 0 Å². The highest BCUT2D eigenvalue weighted by Gasteiger charge is 2.42. The number of nitrogens with zero attached hydrogens (tertiary/aromatic N) is 1. The quantitative estimate of drug-likeness (QED) is 0.620. The van der Waals surface area contributed by atoms with Crippen molar-refractivity contribution >= 4 is 17.7 Å². The number of carbonyl (C=O) groups is 3. The minimum Gasteiger partial charge on any atom is -0.348 e. The Kier molecular flexibility index (Phi) is 5.62. The van der Waals surface area contributed by atoms with E-state index in [-0.39, 0.29) is 12.2 Å². The first-order chi connectivity index (χ1) is 15.0. The van der Waals surface area contributed by atoms with Crippen molar-refractivity contribution in [2.24, 2.45) is 0 Å². The Hall–Kier alpha value is -3.80. The minimum absolute atomic E-state index is 0.189. The van der Waals surface area contributed by atoms with Crippen molar-refractivity contribution < 1.29 is 18.8 Å². The number of nitrogens with one attached hydrogen (secondary N) is 1. The van der Waals surface area contributed by atoms with Gasteiger partial charge in [-0.3, -0.25) is 19.3 Å². The molecule has 2 atom stereocenters. The van der Waals surface area contributed by atoms with Crippen molar-refractivity contribution in [2.45, 2.75) is 25.4 Å². The normalized spacial score (nSPS) is 14.8. The van der Waals surface area contributed by atoms with E-state index in [1.54, 1.807) is 43.3 Å². The molecule has 0 saturated carbocycles. The van der Waals surface area contributed by atoms with Crippen molar-refractivity contribution in [1.82, 2.24) is 10.2 Å². The van der Waals surface area contributed by atoms with E-state index in [9.17, 15) is 18.8 Å². The second kappa shape index (κ2) is 8.52. The van der Waals surface area contributed by atoms with Crippen LogP contribution in [0.25, 0.3) is 0 Å². The summed E-state index contributed by atoms with van der Waals surface area (Å²) in [6, 6.07) is 20.2. The molecule has 1 N–H and O–H groups in total. The van der Waals surface area contributed by atoms with Gasteiger partial charge in [-0.05, 0) is 42.3 Å². The average molecular weight is 416 g/mol. The monoisotopic (exact) mass is 416 g/mol. The van der Waals surface area contributed by atoms with Crippen LogP contribution < -0.4 is 5.32 Å². The molecule has 1 heterocycles. The lowest BCUT2D eigenvalue weighted by atomic mass is 10.0. The molecule has 3 amide bonds. The first-order valence-electron chi connectivity index (χ1n) is 10.0.